The minimum Gasteiger partial charge on any atom is -0.475 e. The highest BCUT2D eigenvalue weighted by Gasteiger charge is 2.38. The number of halogens is 3. The maximum absolute atomic E-state index is 10.6. The fourth-order valence-electron chi connectivity index (χ4n) is 3.25. The van der Waals surface area contributed by atoms with Gasteiger partial charge in [0.15, 0.2) is 0 Å². The molecule has 0 fully saturated rings. The average Bonchev–Trinajstić information content (AvgIpc) is 3.55. The number of nitrogens with zero attached hydrogens (tertiary/aromatic N) is 7. The fourth-order valence-corrected chi connectivity index (χ4v) is 3.25. The summed E-state index contributed by atoms with van der Waals surface area (Å²) in [4.78, 5) is 24.4. The first-order valence-electron chi connectivity index (χ1n) is 10.4. The van der Waals surface area contributed by atoms with Crippen molar-refractivity contribution >= 4 is 28.5 Å². The molecule has 0 amide bonds. The van der Waals surface area contributed by atoms with Crippen LogP contribution in [0.4, 0.5) is 24.8 Å². The van der Waals surface area contributed by atoms with Crippen LogP contribution in [-0.2, 0) is 4.79 Å². The van der Waals surface area contributed by atoms with E-state index in [-0.39, 0.29) is 0 Å². The largest absolute Gasteiger partial charge is 0.490 e. The Morgan fingerprint density at radius 2 is 1.81 bits per heavy atom. The van der Waals surface area contributed by atoms with Gasteiger partial charge in [0.2, 0.25) is 5.95 Å². The van der Waals surface area contributed by atoms with Gasteiger partial charge in [-0.2, -0.15) is 23.4 Å². The number of aromatic amines is 1. The van der Waals surface area contributed by atoms with Gasteiger partial charge < -0.3 is 10.0 Å². The zero-order valence-electron chi connectivity index (χ0n) is 19.0. The number of rotatable bonds is 4. The first-order chi connectivity index (χ1) is 17.1. The van der Waals surface area contributed by atoms with Crippen LogP contribution < -0.4 is 4.90 Å². The van der Waals surface area contributed by atoms with E-state index >= 15 is 0 Å². The molecule has 0 aliphatic heterocycles. The zero-order valence-corrected chi connectivity index (χ0v) is 19.0. The lowest BCUT2D eigenvalue weighted by atomic mass is 10.1. The SMILES string of the molecule is Cc1ncn(-c2ccc(N(C)c3ncc4cccc(-c5ccn[nH]5)c4n3)cc2)n1.O=C(O)C(F)(F)F. The maximum Gasteiger partial charge on any atom is 0.490 e. The number of carbonyl (C=O) groups is 1. The number of alkyl halides is 3. The van der Waals surface area contributed by atoms with Gasteiger partial charge in [-0.15, -0.1) is 0 Å². The highest BCUT2D eigenvalue weighted by atomic mass is 19.4. The summed E-state index contributed by atoms with van der Waals surface area (Å²) in [6, 6.07) is 16.0. The Morgan fingerprint density at radius 3 is 2.39 bits per heavy atom. The molecule has 0 atom stereocenters. The van der Waals surface area contributed by atoms with Gasteiger partial charge >= 0.3 is 12.1 Å². The van der Waals surface area contributed by atoms with E-state index in [1.807, 2.05) is 73.6 Å². The van der Waals surface area contributed by atoms with Gasteiger partial charge in [0.1, 0.15) is 12.2 Å². The lowest BCUT2D eigenvalue weighted by Crippen LogP contribution is -2.21. The number of aromatic nitrogens is 7. The first kappa shape index (κ1) is 24.3. The third-order valence-corrected chi connectivity index (χ3v) is 5.04. The number of anilines is 2. The number of fused-ring (bicyclic) bond motifs is 1. The van der Waals surface area contributed by atoms with Crippen LogP contribution in [0.2, 0.25) is 0 Å². The first-order valence-corrected chi connectivity index (χ1v) is 10.4. The second-order valence-corrected chi connectivity index (χ2v) is 7.50. The Kier molecular flexibility index (Phi) is 6.63. The molecule has 0 radical (unpaired) electrons. The standard InChI is InChI=1S/C21H18N8.C2HF3O2/c1-14-23-13-29(27-14)17-8-6-16(7-9-17)28(2)21-22-12-15-4-3-5-18(20(15)25-21)19-10-11-24-26-19;3-2(4,5)1(6)7/h3-13H,1-2H3,(H,24,26);(H,6,7). The number of carboxylic acids is 1. The van der Waals surface area contributed by atoms with Crippen molar-refractivity contribution in [2.24, 2.45) is 0 Å². The molecule has 0 unspecified atom stereocenters. The van der Waals surface area contributed by atoms with Crippen molar-refractivity contribution in [2.75, 3.05) is 11.9 Å². The number of aryl methyl sites for hydroxylation is 1. The van der Waals surface area contributed by atoms with Gasteiger partial charge in [-0.05, 0) is 37.3 Å². The molecule has 184 valence electrons. The average molecular weight is 496 g/mol. The zero-order chi connectivity index (χ0) is 25.9. The van der Waals surface area contributed by atoms with Crippen LogP contribution in [0.15, 0.2) is 67.3 Å². The highest BCUT2D eigenvalue weighted by molar-refractivity contribution is 5.92. The van der Waals surface area contributed by atoms with Gasteiger partial charge in [0.05, 0.1) is 16.9 Å². The van der Waals surface area contributed by atoms with Crippen LogP contribution in [0.5, 0.6) is 0 Å². The van der Waals surface area contributed by atoms with Crippen molar-refractivity contribution in [1.29, 1.82) is 0 Å². The lowest BCUT2D eigenvalue weighted by Gasteiger charge is -2.18. The Morgan fingerprint density at radius 1 is 1.08 bits per heavy atom. The molecule has 13 heteroatoms. The number of aliphatic carboxylic acids is 1. The number of para-hydroxylation sites is 1. The number of carboxylic acid groups (broad SMARTS) is 1. The molecule has 0 saturated heterocycles. The molecule has 10 nitrogen and oxygen atoms in total. The van der Waals surface area contributed by atoms with Gasteiger partial charge in [-0.3, -0.25) is 5.10 Å². The van der Waals surface area contributed by atoms with Crippen molar-refractivity contribution in [1.82, 2.24) is 34.9 Å². The van der Waals surface area contributed by atoms with E-state index in [2.05, 4.69) is 25.3 Å². The molecule has 0 bridgehead atoms. The second kappa shape index (κ2) is 9.82. The summed E-state index contributed by atoms with van der Waals surface area (Å²) in [5, 5.41) is 19.5. The lowest BCUT2D eigenvalue weighted by molar-refractivity contribution is -0.192. The van der Waals surface area contributed by atoms with E-state index in [0.717, 1.165) is 39.4 Å². The Balaban J connectivity index is 0.000000384. The monoisotopic (exact) mass is 496 g/mol. The normalized spacial score (nSPS) is 11.1. The van der Waals surface area contributed by atoms with Gasteiger partial charge in [-0.25, -0.2) is 24.4 Å². The molecule has 5 aromatic rings. The van der Waals surface area contributed by atoms with Crippen LogP contribution in [0.25, 0.3) is 27.8 Å². The predicted octanol–water partition coefficient (Wildman–Crippen LogP) is 4.31. The van der Waals surface area contributed by atoms with Crippen LogP contribution in [0, 0.1) is 6.92 Å². The molecular weight excluding hydrogens is 477 g/mol. The van der Waals surface area contributed by atoms with E-state index in [1.54, 1.807) is 17.2 Å². The second-order valence-electron chi connectivity index (χ2n) is 7.50. The molecular formula is C23H19F3N8O2. The van der Waals surface area contributed by atoms with E-state index in [0.29, 0.717) is 5.95 Å². The topological polar surface area (TPSA) is 126 Å². The van der Waals surface area contributed by atoms with Crippen molar-refractivity contribution in [3.8, 4) is 16.9 Å². The smallest absolute Gasteiger partial charge is 0.475 e. The van der Waals surface area contributed by atoms with E-state index in [4.69, 9.17) is 14.9 Å². The molecule has 36 heavy (non-hydrogen) atoms. The number of hydrogen-bond donors (Lipinski definition) is 2. The summed E-state index contributed by atoms with van der Waals surface area (Å²) in [5.74, 6) is -1.40. The highest BCUT2D eigenvalue weighted by Crippen LogP contribution is 2.28. The molecule has 0 aliphatic rings. The Bertz CT molecular complexity index is 1480. The van der Waals surface area contributed by atoms with Crippen molar-refractivity contribution in [3.63, 3.8) is 0 Å². The minimum absolute atomic E-state index is 0.619. The summed E-state index contributed by atoms with van der Waals surface area (Å²) < 4.78 is 33.5. The maximum atomic E-state index is 10.6. The quantitative estimate of drug-likeness (QED) is 0.377. The summed E-state index contributed by atoms with van der Waals surface area (Å²) in [5.41, 5.74) is 4.72. The Labute approximate surface area is 202 Å². The van der Waals surface area contributed by atoms with Crippen molar-refractivity contribution in [2.45, 2.75) is 13.1 Å². The summed E-state index contributed by atoms with van der Waals surface area (Å²) >= 11 is 0. The molecule has 3 heterocycles. The predicted molar refractivity (Wildman–Crippen MR) is 125 cm³/mol. The minimum atomic E-state index is -5.08. The van der Waals surface area contributed by atoms with E-state index < -0.39 is 12.1 Å². The summed E-state index contributed by atoms with van der Waals surface area (Å²) in [6.45, 7) is 1.87. The van der Waals surface area contributed by atoms with Gasteiger partial charge in [0.25, 0.3) is 0 Å². The summed E-state index contributed by atoms with van der Waals surface area (Å²) in [7, 11) is 1.95. The third-order valence-electron chi connectivity index (χ3n) is 5.04. The van der Waals surface area contributed by atoms with Gasteiger partial charge in [0, 0.05) is 36.1 Å². The Hall–Kier alpha value is -4.81. The van der Waals surface area contributed by atoms with Crippen LogP contribution >= 0.6 is 0 Å². The molecule has 3 aromatic heterocycles. The fraction of sp³-hybridized carbons (Fsp3) is 0.130. The van der Waals surface area contributed by atoms with Crippen molar-refractivity contribution < 1.29 is 23.1 Å². The molecule has 0 saturated carbocycles. The molecule has 2 aromatic carbocycles. The van der Waals surface area contributed by atoms with Crippen LogP contribution in [0.3, 0.4) is 0 Å². The number of benzene rings is 2. The third kappa shape index (κ3) is 5.29. The molecule has 0 spiro atoms. The van der Waals surface area contributed by atoms with Gasteiger partial charge in [-0.1, -0.05) is 18.2 Å². The number of nitrogens with one attached hydrogen (secondary N) is 1. The molecule has 0 aliphatic carbocycles. The van der Waals surface area contributed by atoms with E-state index in [9.17, 15) is 13.2 Å². The summed E-state index contributed by atoms with van der Waals surface area (Å²) in [6.07, 6.45) is 0.207. The molecule has 2 N–H and O–H groups in total. The molecule has 5 rings (SSSR count). The number of H-pyrrole nitrogens is 1. The van der Waals surface area contributed by atoms with E-state index in [1.165, 1.54) is 0 Å². The van der Waals surface area contributed by atoms with Crippen molar-refractivity contribution in [3.05, 3.63) is 73.1 Å². The van der Waals surface area contributed by atoms with Crippen LogP contribution in [-0.4, -0.2) is 59.2 Å². The number of hydrogen-bond acceptors (Lipinski definition) is 7. The van der Waals surface area contributed by atoms with Crippen LogP contribution in [0.1, 0.15) is 5.82 Å².